The molecule has 0 radical (unpaired) electrons. The molecule has 5 nitrogen and oxygen atoms in total. The number of thioether (sulfide) groups is 1. The van der Waals surface area contributed by atoms with Crippen molar-refractivity contribution in [3.05, 3.63) is 101 Å². The van der Waals surface area contributed by atoms with Crippen molar-refractivity contribution in [2.75, 3.05) is 12.9 Å². The number of halogens is 1. The predicted molar refractivity (Wildman–Crippen MR) is 148 cm³/mol. The lowest BCUT2D eigenvalue weighted by atomic mass is 10.0. The highest BCUT2D eigenvalue weighted by Crippen LogP contribution is 2.21. The van der Waals surface area contributed by atoms with Gasteiger partial charge in [0.15, 0.2) is 0 Å². The highest BCUT2D eigenvalue weighted by molar-refractivity contribution is 7.99. The fourth-order valence-electron chi connectivity index (χ4n) is 3.92. The van der Waals surface area contributed by atoms with Crippen molar-refractivity contribution < 1.29 is 18.7 Å². The van der Waals surface area contributed by atoms with Gasteiger partial charge in [0.25, 0.3) is 0 Å². The Hall–Kier alpha value is -3.32. The van der Waals surface area contributed by atoms with Crippen LogP contribution in [0.1, 0.15) is 37.5 Å². The molecular weight excluding hydrogens is 487 g/mol. The summed E-state index contributed by atoms with van der Waals surface area (Å²) in [6.45, 7) is 6.00. The molecule has 37 heavy (non-hydrogen) atoms. The van der Waals surface area contributed by atoms with Crippen LogP contribution in [0.3, 0.4) is 0 Å². The van der Waals surface area contributed by atoms with Gasteiger partial charge in [-0.15, -0.1) is 11.8 Å². The number of rotatable bonds is 11. The summed E-state index contributed by atoms with van der Waals surface area (Å²) in [5.41, 5.74) is 1.90. The van der Waals surface area contributed by atoms with E-state index in [2.05, 4.69) is 5.32 Å². The molecule has 2 amide bonds. The molecule has 196 valence electrons. The maximum absolute atomic E-state index is 14.1. The number of nitrogens with one attached hydrogen (secondary N) is 1. The summed E-state index contributed by atoms with van der Waals surface area (Å²) >= 11 is 1.34. The first-order valence-electron chi connectivity index (χ1n) is 12.3. The molecule has 0 aliphatic heterocycles. The van der Waals surface area contributed by atoms with E-state index in [1.807, 2.05) is 75.4 Å². The number of hydrogen-bond donors (Lipinski definition) is 1. The first-order valence-corrected chi connectivity index (χ1v) is 13.4. The molecule has 7 heteroatoms. The Bertz CT molecular complexity index is 1180. The fraction of sp³-hybridized carbons (Fsp3) is 0.333. The van der Waals surface area contributed by atoms with Crippen LogP contribution in [0.15, 0.2) is 78.9 Å². The van der Waals surface area contributed by atoms with Gasteiger partial charge in [-0.2, -0.15) is 0 Å². The second kappa shape index (κ2) is 13.3. The van der Waals surface area contributed by atoms with Gasteiger partial charge in [0.2, 0.25) is 11.8 Å². The minimum absolute atomic E-state index is 0.117. The van der Waals surface area contributed by atoms with Crippen LogP contribution < -0.4 is 10.1 Å². The van der Waals surface area contributed by atoms with Crippen molar-refractivity contribution in [3.63, 3.8) is 0 Å². The SMILES string of the molecule is COc1cccc(CN(C(=O)CSCc2ccccc2F)C(Cc2ccccc2)C(=O)NC(C)(C)C)c1. The number of amides is 2. The minimum Gasteiger partial charge on any atom is -0.497 e. The number of methoxy groups -OCH3 is 1. The topological polar surface area (TPSA) is 58.6 Å². The molecule has 3 aromatic carbocycles. The number of hydrogen-bond acceptors (Lipinski definition) is 4. The zero-order valence-corrected chi connectivity index (χ0v) is 22.7. The Morgan fingerprint density at radius 3 is 2.32 bits per heavy atom. The van der Waals surface area contributed by atoms with E-state index in [1.54, 1.807) is 30.2 Å². The van der Waals surface area contributed by atoms with E-state index in [0.29, 0.717) is 23.5 Å². The standard InChI is InChI=1S/C30H35FN2O3S/c1-30(2,3)32-29(35)27(18-22-11-6-5-7-12-22)33(19-23-13-10-15-25(17-23)36-4)28(34)21-37-20-24-14-8-9-16-26(24)31/h5-17,27H,18-21H2,1-4H3,(H,32,35). The van der Waals surface area contributed by atoms with Crippen LogP contribution in [-0.4, -0.2) is 41.2 Å². The highest BCUT2D eigenvalue weighted by atomic mass is 32.2. The Morgan fingerprint density at radius 1 is 0.973 bits per heavy atom. The van der Waals surface area contributed by atoms with Crippen molar-refractivity contribution >= 4 is 23.6 Å². The van der Waals surface area contributed by atoms with E-state index < -0.39 is 11.6 Å². The summed E-state index contributed by atoms with van der Waals surface area (Å²) in [5, 5.41) is 3.06. The van der Waals surface area contributed by atoms with E-state index in [0.717, 1.165) is 11.1 Å². The Balaban J connectivity index is 1.89. The van der Waals surface area contributed by atoms with Crippen LogP contribution in [0.2, 0.25) is 0 Å². The van der Waals surface area contributed by atoms with Crippen molar-refractivity contribution in [2.45, 2.75) is 51.1 Å². The lowest BCUT2D eigenvalue weighted by Crippen LogP contribution is -2.54. The van der Waals surface area contributed by atoms with E-state index in [-0.39, 0.29) is 29.9 Å². The largest absolute Gasteiger partial charge is 0.497 e. The molecule has 3 aromatic rings. The molecule has 0 fully saturated rings. The van der Waals surface area contributed by atoms with Crippen LogP contribution >= 0.6 is 11.8 Å². The van der Waals surface area contributed by atoms with Gasteiger partial charge in [0, 0.05) is 24.3 Å². The minimum atomic E-state index is -0.727. The molecule has 1 unspecified atom stereocenters. The smallest absolute Gasteiger partial charge is 0.243 e. The number of carbonyl (C=O) groups is 2. The van der Waals surface area contributed by atoms with Crippen LogP contribution in [0.5, 0.6) is 5.75 Å². The summed E-state index contributed by atoms with van der Waals surface area (Å²) in [7, 11) is 1.59. The first-order chi connectivity index (χ1) is 17.7. The third-order valence-electron chi connectivity index (χ3n) is 5.70. The number of nitrogens with zero attached hydrogens (tertiary/aromatic N) is 1. The monoisotopic (exact) mass is 522 g/mol. The molecule has 1 atom stereocenters. The lowest BCUT2D eigenvalue weighted by molar-refractivity contribution is -0.140. The van der Waals surface area contributed by atoms with Crippen molar-refractivity contribution in [1.82, 2.24) is 10.2 Å². The summed E-state index contributed by atoms with van der Waals surface area (Å²) in [6, 6.07) is 23.0. The third kappa shape index (κ3) is 8.93. The van der Waals surface area contributed by atoms with Crippen LogP contribution in [0.25, 0.3) is 0 Å². The van der Waals surface area contributed by atoms with Crippen molar-refractivity contribution in [2.24, 2.45) is 0 Å². The second-order valence-corrected chi connectivity index (χ2v) is 10.9. The molecule has 0 spiro atoms. The maximum Gasteiger partial charge on any atom is 0.243 e. The van der Waals surface area contributed by atoms with Gasteiger partial charge < -0.3 is 15.0 Å². The Morgan fingerprint density at radius 2 is 1.65 bits per heavy atom. The van der Waals surface area contributed by atoms with Crippen LogP contribution in [-0.2, 0) is 28.3 Å². The lowest BCUT2D eigenvalue weighted by Gasteiger charge is -2.34. The quantitative estimate of drug-likeness (QED) is 0.355. The predicted octanol–water partition coefficient (Wildman–Crippen LogP) is 5.62. The molecule has 0 saturated heterocycles. The molecule has 1 N–H and O–H groups in total. The van der Waals surface area contributed by atoms with Gasteiger partial charge in [0.05, 0.1) is 12.9 Å². The van der Waals surface area contributed by atoms with Crippen molar-refractivity contribution in [3.8, 4) is 5.75 Å². The molecule has 0 aliphatic rings. The molecule has 3 rings (SSSR count). The van der Waals surface area contributed by atoms with Gasteiger partial charge in [-0.3, -0.25) is 9.59 Å². The molecule has 0 saturated carbocycles. The number of ether oxygens (including phenoxy) is 1. The van der Waals surface area contributed by atoms with Gasteiger partial charge >= 0.3 is 0 Å². The highest BCUT2D eigenvalue weighted by Gasteiger charge is 2.32. The van der Waals surface area contributed by atoms with E-state index in [4.69, 9.17) is 4.74 Å². The van der Waals surface area contributed by atoms with E-state index >= 15 is 0 Å². The first kappa shape index (κ1) is 28.3. The fourth-order valence-corrected chi connectivity index (χ4v) is 4.82. The molecule has 0 aliphatic carbocycles. The second-order valence-electron chi connectivity index (χ2n) is 9.90. The Labute approximate surface area is 223 Å². The maximum atomic E-state index is 14.1. The molecule has 0 heterocycles. The zero-order chi connectivity index (χ0) is 26.8. The molecule has 0 aromatic heterocycles. The van der Waals surface area contributed by atoms with Gasteiger partial charge in [-0.25, -0.2) is 4.39 Å². The summed E-state index contributed by atoms with van der Waals surface area (Å²) in [6.07, 6.45) is 0.371. The number of carbonyl (C=O) groups excluding carboxylic acids is 2. The summed E-state index contributed by atoms with van der Waals surface area (Å²) < 4.78 is 19.5. The van der Waals surface area contributed by atoms with Crippen LogP contribution in [0.4, 0.5) is 4.39 Å². The van der Waals surface area contributed by atoms with Crippen molar-refractivity contribution in [1.29, 1.82) is 0 Å². The van der Waals surface area contributed by atoms with Crippen LogP contribution in [0, 0.1) is 5.82 Å². The van der Waals surface area contributed by atoms with E-state index in [1.165, 1.54) is 17.8 Å². The van der Waals surface area contributed by atoms with Gasteiger partial charge in [-0.1, -0.05) is 60.7 Å². The summed E-state index contributed by atoms with van der Waals surface area (Å²) in [4.78, 5) is 28.9. The average molecular weight is 523 g/mol. The summed E-state index contributed by atoms with van der Waals surface area (Å²) in [5.74, 6) is 0.468. The Kier molecular flexibility index (Phi) is 10.1. The number of benzene rings is 3. The average Bonchev–Trinajstić information content (AvgIpc) is 2.87. The van der Waals surface area contributed by atoms with E-state index in [9.17, 15) is 14.0 Å². The van der Waals surface area contributed by atoms with Gasteiger partial charge in [-0.05, 0) is 55.7 Å². The normalized spacial score (nSPS) is 12.0. The third-order valence-corrected chi connectivity index (χ3v) is 6.66. The molecule has 0 bridgehead atoms. The molecular formula is C30H35FN2O3S. The van der Waals surface area contributed by atoms with Gasteiger partial charge in [0.1, 0.15) is 17.6 Å². The zero-order valence-electron chi connectivity index (χ0n) is 21.9.